The van der Waals surface area contributed by atoms with Crippen LogP contribution < -0.4 is 5.32 Å². The molecule has 1 aromatic rings. The smallest absolute Gasteiger partial charge is 0.251 e. The molecular weight excluding hydrogens is 214 g/mol. The van der Waals surface area contributed by atoms with Crippen LogP contribution in [0.5, 0.6) is 0 Å². The summed E-state index contributed by atoms with van der Waals surface area (Å²) < 4.78 is 0. The van der Waals surface area contributed by atoms with Gasteiger partial charge in [-0.05, 0) is 30.0 Å². The molecule has 17 heavy (non-hydrogen) atoms. The number of carbonyl (C=O) groups excluding carboxylic acids is 1. The Labute approximate surface area is 102 Å². The van der Waals surface area contributed by atoms with Crippen molar-refractivity contribution >= 4 is 5.91 Å². The summed E-state index contributed by atoms with van der Waals surface area (Å²) in [6.07, 6.45) is 2.85. The Bertz CT molecular complexity index is 370. The van der Waals surface area contributed by atoms with E-state index in [1.807, 2.05) is 18.2 Å². The molecule has 1 unspecified atom stereocenters. The quantitative estimate of drug-likeness (QED) is 0.736. The van der Waals surface area contributed by atoms with Gasteiger partial charge in [0.2, 0.25) is 0 Å². The number of rotatable bonds is 6. The lowest BCUT2D eigenvalue weighted by atomic mass is 10.0. The summed E-state index contributed by atoms with van der Waals surface area (Å²) in [5, 5.41) is 11.2. The van der Waals surface area contributed by atoms with Crippen LogP contribution in [0.2, 0.25) is 0 Å². The summed E-state index contributed by atoms with van der Waals surface area (Å²) in [5.74, 6) is 0.284. The molecule has 0 aliphatic rings. The van der Waals surface area contributed by atoms with Gasteiger partial charge in [0.05, 0.1) is 6.61 Å². The molecule has 1 rings (SSSR count). The predicted octanol–water partition coefficient (Wildman–Crippen LogP) is 1.77. The van der Waals surface area contributed by atoms with Gasteiger partial charge in [0.25, 0.3) is 5.91 Å². The van der Waals surface area contributed by atoms with Crippen molar-refractivity contribution in [3.05, 3.63) is 48.0 Å². The Kier molecular flexibility index (Phi) is 5.43. The van der Waals surface area contributed by atoms with E-state index in [0.717, 1.165) is 6.42 Å². The molecule has 0 radical (unpaired) electrons. The monoisotopic (exact) mass is 233 g/mol. The van der Waals surface area contributed by atoms with Crippen LogP contribution in [0.25, 0.3) is 0 Å². The van der Waals surface area contributed by atoms with E-state index < -0.39 is 0 Å². The van der Waals surface area contributed by atoms with Crippen molar-refractivity contribution in [3.8, 4) is 0 Å². The molecular formula is C14H19NO2. The van der Waals surface area contributed by atoms with Gasteiger partial charge in [-0.2, -0.15) is 0 Å². The Hall–Kier alpha value is -1.61. The van der Waals surface area contributed by atoms with Crippen LogP contribution in [0.3, 0.4) is 0 Å². The summed E-state index contributed by atoms with van der Waals surface area (Å²) in [6.45, 7) is 6.10. The van der Waals surface area contributed by atoms with Crippen LogP contribution in [0.4, 0.5) is 0 Å². The Morgan fingerprint density at radius 1 is 1.47 bits per heavy atom. The van der Waals surface area contributed by atoms with E-state index in [1.54, 1.807) is 12.1 Å². The van der Waals surface area contributed by atoms with E-state index in [4.69, 9.17) is 5.11 Å². The zero-order valence-corrected chi connectivity index (χ0v) is 10.1. The number of amides is 1. The average Bonchev–Trinajstić information content (AvgIpc) is 2.36. The fraction of sp³-hybridized carbons (Fsp3) is 0.357. The molecule has 1 aromatic carbocycles. The molecule has 0 saturated carbocycles. The molecule has 0 aliphatic carbocycles. The van der Waals surface area contributed by atoms with Gasteiger partial charge in [-0.15, -0.1) is 6.58 Å². The van der Waals surface area contributed by atoms with Crippen LogP contribution in [0.1, 0.15) is 22.8 Å². The second-order valence-corrected chi connectivity index (χ2v) is 4.09. The van der Waals surface area contributed by atoms with Crippen molar-refractivity contribution in [1.82, 2.24) is 5.32 Å². The van der Waals surface area contributed by atoms with Crippen LogP contribution >= 0.6 is 0 Å². The van der Waals surface area contributed by atoms with E-state index >= 15 is 0 Å². The zero-order valence-electron chi connectivity index (χ0n) is 10.1. The first-order chi connectivity index (χ1) is 8.17. The van der Waals surface area contributed by atoms with E-state index in [2.05, 4.69) is 18.8 Å². The number of allylic oxidation sites excluding steroid dienone is 1. The van der Waals surface area contributed by atoms with Crippen molar-refractivity contribution in [1.29, 1.82) is 0 Å². The van der Waals surface area contributed by atoms with Crippen LogP contribution in [0, 0.1) is 5.92 Å². The minimum Gasteiger partial charge on any atom is -0.395 e. The van der Waals surface area contributed by atoms with Crippen LogP contribution in [-0.2, 0) is 6.42 Å². The summed E-state index contributed by atoms with van der Waals surface area (Å²) in [5.41, 5.74) is 1.81. The second-order valence-electron chi connectivity index (χ2n) is 4.09. The predicted molar refractivity (Wildman–Crippen MR) is 68.9 cm³/mol. The zero-order chi connectivity index (χ0) is 12.7. The highest BCUT2D eigenvalue weighted by Crippen LogP contribution is 2.10. The van der Waals surface area contributed by atoms with Crippen molar-refractivity contribution in [2.45, 2.75) is 13.3 Å². The number of nitrogens with one attached hydrogen (secondary N) is 1. The molecule has 3 nitrogen and oxygen atoms in total. The van der Waals surface area contributed by atoms with Gasteiger partial charge >= 0.3 is 0 Å². The molecule has 0 aliphatic heterocycles. The van der Waals surface area contributed by atoms with Crippen molar-refractivity contribution in [2.75, 3.05) is 13.2 Å². The summed E-state index contributed by atoms with van der Waals surface area (Å²) in [7, 11) is 0. The first kappa shape index (κ1) is 13.5. The van der Waals surface area contributed by atoms with Crippen LogP contribution in [0.15, 0.2) is 36.9 Å². The average molecular weight is 233 g/mol. The number of benzene rings is 1. The third-order valence-corrected chi connectivity index (χ3v) is 2.57. The van der Waals surface area contributed by atoms with Gasteiger partial charge in [0.1, 0.15) is 0 Å². The topological polar surface area (TPSA) is 49.3 Å². The van der Waals surface area contributed by atoms with E-state index in [1.165, 1.54) is 5.56 Å². The maximum atomic E-state index is 11.6. The largest absolute Gasteiger partial charge is 0.395 e. The molecule has 2 N–H and O–H groups in total. The summed E-state index contributed by atoms with van der Waals surface area (Å²) >= 11 is 0. The molecule has 0 fully saturated rings. The number of aliphatic hydroxyl groups excluding tert-OH is 1. The second kappa shape index (κ2) is 6.86. The van der Waals surface area contributed by atoms with Crippen molar-refractivity contribution in [2.24, 2.45) is 5.92 Å². The van der Waals surface area contributed by atoms with Crippen LogP contribution in [-0.4, -0.2) is 24.2 Å². The first-order valence-corrected chi connectivity index (χ1v) is 5.78. The highest BCUT2D eigenvalue weighted by molar-refractivity contribution is 5.94. The third kappa shape index (κ3) is 4.41. The van der Waals surface area contributed by atoms with Gasteiger partial charge in [-0.3, -0.25) is 4.79 Å². The molecule has 3 heteroatoms. The van der Waals surface area contributed by atoms with Gasteiger partial charge in [0, 0.05) is 12.1 Å². The number of hydrogen-bond acceptors (Lipinski definition) is 2. The molecule has 0 heterocycles. The maximum absolute atomic E-state index is 11.6. The number of carbonyl (C=O) groups is 1. The van der Waals surface area contributed by atoms with Crippen molar-refractivity contribution in [3.63, 3.8) is 0 Å². The molecule has 0 aromatic heterocycles. The fourth-order valence-electron chi connectivity index (χ4n) is 1.52. The summed E-state index contributed by atoms with van der Waals surface area (Å²) in [6, 6.07) is 7.51. The van der Waals surface area contributed by atoms with Gasteiger partial charge in [0.15, 0.2) is 0 Å². The van der Waals surface area contributed by atoms with Gasteiger partial charge in [-0.25, -0.2) is 0 Å². The Morgan fingerprint density at radius 3 is 2.65 bits per heavy atom. The van der Waals surface area contributed by atoms with Gasteiger partial charge in [-0.1, -0.05) is 25.1 Å². The standard InChI is InChI=1S/C14H19NO2/c1-3-11(2)10-12-4-6-13(7-5-12)14(17)15-8-9-16/h3-7,11,16H,1,8-10H2,2H3,(H,15,17). The summed E-state index contributed by atoms with van der Waals surface area (Å²) in [4.78, 5) is 11.6. The lowest BCUT2D eigenvalue weighted by molar-refractivity contribution is 0.0945. The molecule has 92 valence electrons. The molecule has 0 saturated heterocycles. The molecule has 0 bridgehead atoms. The molecule has 0 spiro atoms. The van der Waals surface area contributed by atoms with Crippen molar-refractivity contribution < 1.29 is 9.90 Å². The molecule has 1 amide bonds. The van der Waals surface area contributed by atoms with Gasteiger partial charge < -0.3 is 10.4 Å². The Balaban J connectivity index is 2.61. The normalized spacial score (nSPS) is 11.9. The lowest BCUT2D eigenvalue weighted by Gasteiger charge is -2.07. The highest BCUT2D eigenvalue weighted by atomic mass is 16.3. The van der Waals surface area contributed by atoms with E-state index in [9.17, 15) is 4.79 Å². The minimum absolute atomic E-state index is 0.0410. The highest BCUT2D eigenvalue weighted by Gasteiger charge is 2.05. The SMILES string of the molecule is C=CC(C)Cc1ccc(C(=O)NCCO)cc1. The lowest BCUT2D eigenvalue weighted by Crippen LogP contribution is -2.26. The number of aliphatic hydroxyl groups is 1. The van der Waals surface area contributed by atoms with E-state index in [-0.39, 0.29) is 19.1 Å². The number of hydrogen-bond donors (Lipinski definition) is 2. The molecule has 1 atom stereocenters. The first-order valence-electron chi connectivity index (χ1n) is 5.78. The maximum Gasteiger partial charge on any atom is 0.251 e. The fourth-order valence-corrected chi connectivity index (χ4v) is 1.52. The Morgan fingerprint density at radius 2 is 2.12 bits per heavy atom. The third-order valence-electron chi connectivity index (χ3n) is 2.57. The minimum atomic E-state index is -0.151. The van der Waals surface area contributed by atoms with E-state index in [0.29, 0.717) is 11.5 Å².